The minimum Gasteiger partial charge on any atom is -0.493 e. The van der Waals surface area contributed by atoms with Crippen LogP contribution < -0.4 is 9.47 Å². The fourth-order valence-electron chi connectivity index (χ4n) is 1.79. The standard InChI is InChI=1S/C15H11BrN2O4/c1-21-14-7-11(8-17)6-13(16)15(14)22-9-10-2-4-12(5-3-10)18(19)20/h2-7H,9H2,1H3. The molecule has 2 aromatic carbocycles. The van der Waals surface area contributed by atoms with E-state index in [1.807, 2.05) is 6.07 Å². The van der Waals surface area contributed by atoms with Gasteiger partial charge in [-0.25, -0.2) is 0 Å². The lowest BCUT2D eigenvalue weighted by atomic mass is 10.2. The third-order valence-electron chi connectivity index (χ3n) is 2.89. The summed E-state index contributed by atoms with van der Waals surface area (Å²) in [5, 5.41) is 19.5. The predicted octanol–water partition coefficient (Wildman–Crippen LogP) is 3.82. The Morgan fingerprint density at radius 2 is 2.00 bits per heavy atom. The lowest BCUT2D eigenvalue weighted by molar-refractivity contribution is -0.384. The molecular formula is C15H11BrN2O4. The Morgan fingerprint density at radius 3 is 2.55 bits per heavy atom. The van der Waals surface area contributed by atoms with E-state index < -0.39 is 4.92 Å². The number of nitro benzene ring substituents is 1. The average molecular weight is 363 g/mol. The van der Waals surface area contributed by atoms with E-state index in [4.69, 9.17) is 14.7 Å². The van der Waals surface area contributed by atoms with Crippen LogP contribution in [0, 0.1) is 21.4 Å². The number of rotatable bonds is 5. The number of ether oxygens (including phenoxy) is 2. The summed E-state index contributed by atoms with van der Waals surface area (Å²) in [6.45, 7) is 0.221. The molecule has 0 unspecified atom stereocenters. The number of hydrogen-bond acceptors (Lipinski definition) is 5. The first kappa shape index (κ1) is 15.8. The van der Waals surface area contributed by atoms with Gasteiger partial charge in [0.2, 0.25) is 0 Å². The number of benzene rings is 2. The number of hydrogen-bond donors (Lipinski definition) is 0. The summed E-state index contributed by atoms with van der Waals surface area (Å²) in [6, 6.07) is 11.3. The summed E-state index contributed by atoms with van der Waals surface area (Å²) in [5.74, 6) is 0.910. The molecule has 6 nitrogen and oxygen atoms in total. The fourth-order valence-corrected chi connectivity index (χ4v) is 2.35. The Balaban J connectivity index is 2.17. The van der Waals surface area contributed by atoms with Crippen LogP contribution in [0.5, 0.6) is 11.5 Å². The Morgan fingerprint density at radius 1 is 1.32 bits per heavy atom. The fraction of sp³-hybridized carbons (Fsp3) is 0.133. The summed E-state index contributed by atoms with van der Waals surface area (Å²) in [7, 11) is 1.49. The Hall–Kier alpha value is -2.59. The molecule has 0 atom stereocenters. The molecule has 0 aliphatic carbocycles. The zero-order valence-corrected chi connectivity index (χ0v) is 13.2. The van der Waals surface area contributed by atoms with Crippen LogP contribution in [-0.2, 0) is 6.61 Å². The highest BCUT2D eigenvalue weighted by molar-refractivity contribution is 9.10. The summed E-state index contributed by atoms with van der Waals surface area (Å²) in [6.07, 6.45) is 0. The number of nitro groups is 1. The van der Waals surface area contributed by atoms with Crippen LogP contribution in [0.25, 0.3) is 0 Å². The molecule has 0 saturated heterocycles. The Bertz CT molecular complexity index is 738. The molecule has 0 radical (unpaired) electrons. The Labute approximate surface area is 135 Å². The maximum absolute atomic E-state index is 10.6. The van der Waals surface area contributed by atoms with Gasteiger partial charge in [-0.2, -0.15) is 5.26 Å². The molecule has 0 amide bonds. The number of non-ortho nitro benzene ring substituents is 1. The van der Waals surface area contributed by atoms with E-state index in [0.29, 0.717) is 21.5 Å². The van der Waals surface area contributed by atoms with Gasteiger partial charge in [0.1, 0.15) is 6.61 Å². The van der Waals surface area contributed by atoms with Gasteiger partial charge >= 0.3 is 0 Å². The van der Waals surface area contributed by atoms with Crippen LogP contribution in [0.3, 0.4) is 0 Å². The molecule has 2 aromatic rings. The third kappa shape index (κ3) is 3.54. The van der Waals surface area contributed by atoms with Crippen LogP contribution in [-0.4, -0.2) is 12.0 Å². The zero-order valence-electron chi connectivity index (χ0n) is 11.6. The van der Waals surface area contributed by atoms with Crippen LogP contribution in [0.15, 0.2) is 40.9 Å². The van der Waals surface area contributed by atoms with Crippen molar-refractivity contribution in [1.82, 2.24) is 0 Å². The van der Waals surface area contributed by atoms with Crippen molar-refractivity contribution in [3.05, 3.63) is 62.1 Å². The largest absolute Gasteiger partial charge is 0.493 e. The van der Waals surface area contributed by atoms with E-state index >= 15 is 0 Å². The highest BCUT2D eigenvalue weighted by Gasteiger charge is 2.12. The number of methoxy groups -OCH3 is 1. The maximum Gasteiger partial charge on any atom is 0.269 e. The van der Waals surface area contributed by atoms with E-state index in [2.05, 4.69) is 15.9 Å². The van der Waals surface area contributed by atoms with E-state index in [9.17, 15) is 10.1 Å². The van der Waals surface area contributed by atoms with Gasteiger partial charge in [0.25, 0.3) is 5.69 Å². The van der Waals surface area contributed by atoms with Crippen molar-refractivity contribution in [3.63, 3.8) is 0 Å². The molecular weight excluding hydrogens is 352 g/mol. The van der Waals surface area contributed by atoms with Gasteiger partial charge in [0, 0.05) is 18.2 Å². The quantitative estimate of drug-likeness (QED) is 0.596. The Kier molecular flexibility index (Phi) is 4.96. The third-order valence-corrected chi connectivity index (χ3v) is 3.48. The highest BCUT2D eigenvalue weighted by Crippen LogP contribution is 2.37. The van der Waals surface area contributed by atoms with Crippen LogP contribution in [0.4, 0.5) is 5.69 Å². The summed E-state index contributed by atoms with van der Waals surface area (Å²) >= 11 is 3.34. The molecule has 0 bridgehead atoms. The normalized spacial score (nSPS) is 9.86. The van der Waals surface area contributed by atoms with Crippen molar-refractivity contribution in [1.29, 1.82) is 5.26 Å². The highest BCUT2D eigenvalue weighted by atomic mass is 79.9. The van der Waals surface area contributed by atoms with Crippen molar-refractivity contribution in [3.8, 4) is 17.6 Å². The smallest absolute Gasteiger partial charge is 0.269 e. The summed E-state index contributed by atoms with van der Waals surface area (Å²) in [5.41, 5.74) is 1.26. The first-order valence-corrected chi connectivity index (χ1v) is 6.98. The first-order valence-electron chi connectivity index (χ1n) is 6.19. The molecule has 0 spiro atoms. The van der Waals surface area contributed by atoms with Crippen LogP contribution >= 0.6 is 15.9 Å². The van der Waals surface area contributed by atoms with Gasteiger partial charge in [-0.3, -0.25) is 10.1 Å². The van der Waals surface area contributed by atoms with Crippen molar-refractivity contribution < 1.29 is 14.4 Å². The lowest BCUT2D eigenvalue weighted by Crippen LogP contribution is -1.99. The van der Waals surface area contributed by atoms with E-state index in [1.54, 1.807) is 24.3 Å². The van der Waals surface area contributed by atoms with Gasteiger partial charge in [-0.05, 0) is 39.7 Å². The summed E-state index contributed by atoms with van der Waals surface area (Å²) in [4.78, 5) is 10.2. The van der Waals surface area contributed by atoms with Gasteiger partial charge in [0.05, 0.1) is 28.1 Å². The molecule has 2 rings (SSSR count). The monoisotopic (exact) mass is 362 g/mol. The molecule has 0 heterocycles. The van der Waals surface area contributed by atoms with Gasteiger partial charge in [0.15, 0.2) is 11.5 Å². The van der Waals surface area contributed by atoms with Gasteiger partial charge in [-0.15, -0.1) is 0 Å². The van der Waals surface area contributed by atoms with E-state index in [1.165, 1.54) is 19.2 Å². The molecule has 7 heteroatoms. The van der Waals surface area contributed by atoms with Crippen LogP contribution in [0.2, 0.25) is 0 Å². The average Bonchev–Trinajstić information content (AvgIpc) is 2.53. The van der Waals surface area contributed by atoms with Crippen LogP contribution in [0.1, 0.15) is 11.1 Å². The molecule has 0 aliphatic heterocycles. The molecule has 0 fully saturated rings. The molecule has 0 aromatic heterocycles. The van der Waals surface area contributed by atoms with Crippen molar-refractivity contribution in [2.45, 2.75) is 6.61 Å². The second-order valence-electron chi connectivity index (χ2n) is 4.31. The minimum atomic E-state index is -0.454. The molecule has 0 aliphatic rings. The molecule has 112 valence electrons. The van der Waals surface area contributed by atoms with Crippen molar-refractivity contribution in [2.24, 2.45) is 0 Å². The predicted molar refractivity (Wildman–Crippen MR) is 82.8 cm³/mol. The lowest BCUT2D eigenvalue weighted by Gasteiger charge is -2.13. The molecule has 0 saturated carbocycles. The number of nitrogens with zero attached hydrogens (tertiary/aromatic N) is 2. The first-order chi connectivity index (χ1) is 10.5. The van der Waals surface area contributed by atoms with Gasteiger partial charge < -0.3 is 9.47 Å². The van der Waals surface area contributed by atoms with Crippen molar-refractivity contribution in [2.75, 3.05) is 7.11 Å². The molecule has 22 heavy (non-hydrogen) atoms. The minimum absolute atomic E-state index is 0.0286. The number of halogens is 1. The van der Waals surface area contributed by atoms with Gasteiger partial charge in [-0.1, -0.05) is 0 Å². The SMILES string of the molecule is COc1cc(C#N)cc(Br)c1OCc1ccc([N+](=O)[O-])cc1. The maximum atomic E-state index is 10.6. The van der Waals surface area contributed by atoms with Crippen molar-refractivity contribution >= 4 is 21.6 Å². The number of nitriles is 1. The molecule has 0 N–H and O–H groups in total. The second-order valence-corrected chi connectivity index (χ2v) is 5.17. The summed E-state index contributed by atoms with van der Waals surface area (Å²) < 4.78 is 11.5. The van der Waals surface area contributed by atoms with E-state index in [-0.39, 0.29) is 12.3 Å². The van der Waals surface area contributed by atoms with E-state index in [0.717, 1.165) is 5.56 Å². The zero-order chi connectivity index (χ0) is 16.1. The topological polar surface area (TPSA) is 85.4 Å². The second kappa shape index (κ2) is 6.91.